The Morgan fingerprint density at radius 1 is 1.48 bits per heavy atom. The number of carbonyl (C=O) groups is 1. The fourth-order valence-corrected chi connectivity index (χ4v) is 2.68. The molecule has 7 heteroatoms. The normalized spacial score (nSPS) is 15.7. The summed E-state index contributed by atoms with van der Waals surface area (Å²) in [5, 5.41) is 14.2. The lowest BCUT2D eigenvalue weighted by Gasteiger charge is -2.33. The molecule has 114 valence electrons. The van der Waals surface area contributed by atoms with Crippen molar-refractivity contribution < 1.29 is 14.1 Å². The smallest absolute Gasteiger partial charge is 0.282 e. The molecule has 21 heavy (non-hydrogen) atoms. The van der Waals surface area contributed by atoms with Gasteiger partial charge in [0, 0.05) is 18.7 Å². The predicted molar refractivity (Wildman–Crippen MR) is 75.7 cm³/mol. The summed E-state index contributed by atoms with van der Waals surface area (Å²) in [6.45, 7) is 3.88. The second-order valence-corrected chi connectivity index (χ2v) is 4.99. The van der Waals surface area contributed by atoms with Gasteiger partial charge in [0.2, 0.25) is 0 Å². The van der Waals surface area contributed by atoms with E-state index in [-0.39, 0.29) is 17.3 Å². The monoisotopic (exact) mass is 295 g/mol. The Balaban J connectivity index is 2.32. The van der Waals surface area contributed by atoms with Gasteiger partial charge in [-0.15, -0.1) is 0 Å². The highest BCUT2D eigenvalue weighted by atomic mass is 19.1. The summed E-state index contributed by atoms with van der Waals surface area (Å²) in [4.78, 5) is 24.6. The van der Waals surface area contributed by atoms with Crippen molar-refractivity contribution in [2.45, 2.75) is 25.8 Å². The standard InChI is InChI=1S/C14H18FN3O3/c1-2-17(11-5-7-16-8-6-11)14(19)12-9-10(15)3-4-13(12)18(20)21/h3-4,9,11,16H,2,5-8H2,1H3. The van der Waals surface area contributed by atoms with E-state index in [1.165, 1.54) is 0 Å². The third-order valence-electron chi connectivity index (χ3n) is 3.74. The van der Waals surface area contributed by atoms with Gasteiger partial charge in [-0.3, -0.25) is 14.9 Å². The first-order valence-electron chi connectivity index (χ1n) is 7.00. The first-order valence-corrected chi connectivity index (χ1v) is 7.00. The third-order valence-corrected chi connectivity index (χ3v) is 3.74. The molecule has 1 aromatic carbocycles. The zero-order valence-corrected chi connectivity index (χ0v) is 11.8. The molecule has 6 nitrogen and oxygen atoms in total. The largest absolute Gasteiger partial charge is 0.336 e. The van der Waals surface area contributed by atoms with Crippen molar-refractivity contribution >= 4 is 11.6 Å². The van der Waals surface area contributed by atoms with Crippen molar-refractivity contribution in [1.29, 1.82) is 0 Å². The zero-order valence-electron chi connectivity index (χ0n) is 11.8. The van der Waals surface area contributed by atoms with Crippen molar-refractivity contribution in [2.75, 3.05) is 19.6 Å². The molecule has 1 fully saturated rings. The first kappa shape index (κ1) is 15.4. The minimum Gasteiger partial charge on any atom is -0.336 e. The summed E-state index contributed by atoms with van der Waals surface area (Å²) in [7, 11) is 0. The lowest BCUT2D eigenvalue weighted by atomic mass is 10.0. The van der Waals surface area contributed by atoms with E-state index in [9.17, 15) is 19.3 Å². The number of benzene rings is 1. The van der Waals surface area contributed by atoms with Crippen LogP contribution in [0.25, 0.3) is 0 Å². The van der Waals surface area contributed by atoms with E-state index >= 15 is 0 Å². The topological polar surface area (TPSA) is 75.5 Å². The lowest BCUT2D eigenvalue weighted by molar-refractivity contribution is -0.385. The molecule has 0 aliphatic carbocycles. The number of hydrogen-bond acceptors (Lipinski definition) is 4. The SMILES string of the molecule is CCN(C(=O)c1cc(F)ccc1[N+](=O)[O-])C1CCNCC1. The number of halogens is 1. The van der Waals surface area contributed by atoms with Crippen LogP contribution in [0.15, 0.2) is 18.2 Å². The van der Waals surface area contributed by atoms with E-state index in [1.54, 1.807) is 4.90 Å². The van der Waals surface area contributed by atoms with Crippen molar-refractivity contribution in [3.8, 4) is 0 Å². The van der Waals surface area contributed by atoms with Crippen LogP contribution in [0.5, 0.6) is 0 Å². The fourth-order valence-electron chi connectivity index (χ4n) is 2.68. The summed E-state index contributed by atoms with van der Waals surface area (Å²) >= 11 is 0. The van der Waals surface area contributed by atoms with Crippen LogP contribution in [0.2, 0.25) is 0 Å². The molecule has 0 saturated carbocycles. The molecular formula is C14H18FN3O3. The van der Waals surface area contributed by atoms with Gasteiger partial charge in [-0.25, -0.2) is 4.39 Å². The Morgan fingerprint density at radius 2 is 2.14 bits per heavy atom. The average molecular weight is 295 g/mol. The van der Waals surface area contributed by atoms with Crippen LogP contribution in [0, 0.1) is 15.9 Å². The second kappa shape index (κ2) is 6.62. The Bertz CT molecular complexity index is 544. The van der Waals surface area contributed by atoms with Crippen LogP contribution in [-0.2, 0) is 0 Å². The molecule has 1 aliphatic rings. The summed E-state index contributed by atoms with van der Waals surface area (Å²) in [6.07, 6.45) is 1.59. The maximum Gasteiger partial charge on any atom is 0.282 e. The van der Waals surface area contributed by atoms with Crippen LogP contribution in [0.3, 0.4) is 0 Å². The Hall–Kier alpha value is -2.02. The predicted octanol–water partition coefficient (Wildman–Crippen LogP) is 1.95. The van der Waals surface area contributed by atoms with Crippen molar-refractivity contribution in [3.63, 3.8) is 0 Å². The summed E-state index contributed by atoms with van der Waals surface area (Å²) < 4.78 is 13.4. The Morgan fingerprint density at radius 3 is 2.71 bits per heavy atom. The number of hydrogen-bond donors (Lipinski definition) is 1. The number of carbonyl (C=O) groups excluding carboxylic acids is 1. The molecule has 1 amide bonds. The minimum absolute atomic E-state index is 0.0339. The highest BCUT2D eigenvalue weighted by molar-refractivity contribution is 5.98. The molecule has 1 N–H and O–H groups in total. The number of nitrogens with zero attached hydrogens (tertiary/aromatic N) is 2. The number of piperidine rings is 1. The van der Waals surface area contributed by atoms with E-state index in [4.69, 9.17) is 0 Å². The number of nitrogens with one attached hydrogen (secondary N) is 1. The molecule has 1 saturated heterocycles. The summed E-state index contributed by atoms with van der Waals surface area (Å²) in [5.74, 6) is -1.12. The van der Waals surface area contributed by atoms with Gasteiger partial charge in [0.05, 0.1) is 4.92 Å². The first-order chi connectivity index (χ1) is 10.0. The lowest BCUT2D eigenvalue weighted by Crippen LogP contribution is -2.46. The molecule has 0 spiro atoms. The Labute approximate surface area is 122 Å². The Kier molecular flexibility index (Phi) is 4.85. The zero-order chi connectivity index (χ0) is 15.4. The molecule has 1 aromatic rings. The minimum atomic E-state index is -0.650. The van der Waals surface area contributed by atoms with Crippen LogP contribution in [0.4, 0.5) is 10.1 Å². The van der Waals surface area contributed by atoms with Crippen LogP contribution >= 0.6 is 0 Å². The van der Waals surface area contributed by atoms with E-state index in [0.717, 1.165) is 44.1 Å². The molecule has 0 bridgehead atoms. The van der Waals surface area contributed by atoms with Crippen LogP contribution in [0.1, 0.15) is 30.1 Å². The van der Waals surface area contributed by atoms with Gasteiger partial charge in [-0.2, -0.15) is 0 Å². The van der Waals surface area contributed by atoms with E-state index in [1.807, 2.05) is 6.92 Å². The van der Waals surface area contributed by atoms with Gasteiger partial charge in [0.25, 0.3) is 11.6 Å². The quantitative estimate of drug-likeness (QED) is 0.680. The summed E-state index contributed by atoms with van der Waals surface area (Å²) in [5.41, 5.74) is -0.533. The van der Waals surface area contributed by atoms with Gasteiger partial charge in [-0.05, 0) is 45.0 Å². The molecule has 0 radical (unpaired) electrons. The molecule has 1 aliphatic heterocycles. The van der Waals surface area contributed by atoms with Gasteiger partial charge < -0.3 is 10.2 Å². The van der Waals surface area contributed by atoms with Gasteiger partial charge >= 0.3 is 0 Å². The van der Waals surface area contributed by atoms with Gasteiger partial charge in [-0.1, -0.05) is 0 Å². The van der Waals surface area contributed by atoms with E-state index in [2.05, 4.69) is 5.32 Å². The highest BCUT2D eigenvalue weighted by Gasteiger charge is 2.29. The maximum atomic E-state index is 13.4. The number of nitro groups is 1. The van der Waals surface area contributed by atoms with Crippen molar-refractivity contribution in [3.05, 3.63) is 39.7 Å². The van der Waals surface area contributed by atoms with Crippen LogP contribution in [-0.4, -0.2) is 41.4 Å². The van der Waals surface area contributed by atoms with E-state index < -0.39 is 16.6 Å². The average Bonchev–Trinajstić information content (AvgIpc) is 2.48. The molecule has 1 heterocycles. The number of nitro benzene ring substituents is 1. The van der Waals surface area contributed by atoms with Gasteiger partial charge in [0.15, 0.2) is 0 Å². The molecule has 0 atom stereocenters. The molecule has 0 unspecified atom stereocenters. The number of amides is 1. The molecule has 2 rings (SSSR count). The van der Waals surface area contributed by atoms with Crippen molar-refractivity contribution in [2.24, 2.45) is 0 Å². The summed E-state index contributed by atoms with van der Waals surface area (Å²) in [6, 6.07) is 3.02. The molecule has 0 aromatic heterocycles. The number of rotatable bonds is 4. The van der Waals surface area contributed by atoms with Crippen LogP contribution < -0.4 is 5.32 Å². The van der Waals surface area contributed by atoms with E-state index in [0.29, 0.717) is 6.54 Å². The third kappa shape index (κ3) is 3.36. The molecular weight excluding hydrogens is 277 g/mol. The maximum absolute atomic E-state index is 13.4. The van der Waals surface area contributed by atoms with Gasteiger partial charge in [0.1, 0.15) is 11.4 Å². The highest BCUT2D eigenvalue weighted by Crippen LogP contribution is 2.23. The second-order valence-electron chi connectivity index (χ2n) is 4.99. The fraction of sp³-hybridized carbons (Fsp3) is 0.500. The van der Waals surface area contributed by atoms with Crippen molar-refractivity contribution in [1.82, 2.24) is 10.2 Å².